The van der Waals surface area contributed by atoms with Crippen LogP contribution >= 0.6 is 0 Å². The van der Waals surface area contributed by atoms with Crippen LogP contribution in [0.15, 0.2) is 47.3 Å². The molecule has 1 heterocycles. The third-order valence-electron chi connectivity index (χ3n) is 4.98. The molecule has 1 N–H and O–H groups in total. The van der Waals surface area contributed by atoms with Crippen LogP contribution in [0, 0.1) is 0 Å². The molecule has 0 bridgehead atoms. The number of methoxy groups -OCH3 is 2. The Bertz CT molecular complexity index is 1090. The number of carbonyl (C=O) groups is 1. The number of amides is 1. The maximum atomic E-state index is 13.4. The number of hydrogen-bond acceptors (Lipinski definition) is 5. The van der Waals surface area contributed by atoms with Crippen molar-refractivity contribution in [2.24, 2.45) is 0 Å². The van der Waals surface area contributed by atoms with Crippen LogP contribution in [0.2, 0.25) is 0 Å². The van der Waals surface area contributed by atoms with E-state index in [1.54, 1.807) is 43.4 Å². The van der Waals surface area contributed by atoms with Crippen LogP contribution in [0.25, 0.3) is 10.8 Å². The molecule has 1 fully saturated rings. The molecule has 28 heavy (non-hydrogen) atoms. The Morgan fingerprint density at radius 2 is 1.89 bits per heavy atom. The number of H-pyrrole nitrogens is 1. The number of benzene rings is 2. The first kappa shape index (κ1) is 18.0. The van der Waals surface area contributed by atoms with Crippen LogP contribution < -0.4 is 15.0 Å². The molecule has 0 spiro atoms. The topological polar surface area (TPSA) is 84.5 Å². The van der Waals surface area contributed by atoms with Crippen LogP contribution in [-0.2, 0) is 6.54 Å². The van der Waals surface area contributed by atoms with E-state index in [2.05, 4.69) is 10.2 Å². The van der Waals surface area contributed by atoms with Crippen molar-refractivity contribution in [2.45, 2.75) is 25.4 Å². The lowest BCUT2D eigenvalue weighted by atomic mass is 10.1. The summed E-state index contributed by atoms with van der Waals surface area (Å²) in [6.07, 6.45) is 1.89. The Morgan fingerprint density at radius 1 is 1.14 bits per heavy atom. The fourth-order valence-electron chi connectivity index (χ4n) is 3.36. The molecule has 1 saturated carbocycles. The largest absolute Gasteiger partial charge is 0.497 e. The Hall–Kier alpha value is -3.35. The third-order valence-corrected chi connectivity index (χ3v) is 4.98. The van der Waals surface area contributed by atoms with Crippen molar-refractivity contribution >= 4 is 16.7 Å². The van der Waals surface area contributed by atoms with Crippen molar-refractivity contribution in [1.82, 2.24) is 15.1 Å². The van der Waals surface area contributed by atoms with Crippen molar-refractivity contribution in [3.8, 4) is 11.5 Å². The second kappa shape index (κ2) is 7.34. The normalized spacial score (nSPS) is 13.4. The fourth-order valence-corrected chi connectivity index (χ4v) is 3.36. The lowest BCUT2D eigenvalue weighted by molar-refractivity contribution is 0.0723. The highest BCUT2D eigenvalue weighted by Crippen LogP contribution is 2.33. The average molecular weight is 379 g/mol. The number of nitrogens with one attached hydrogen (secondary N) is 1. The lowest BCUT2D eigenvalue weighted by Crippen LogP contribution is -2.34. The smallest absolute Gasteiger partial charge is 0.275 e. The van der Waals surface area contributed by atoms with Gasteiger partial charge in [-0.1, -0.05) is 18.2 Å². The van der Waals surface area contributed by atoms with Gasteiger partial charge in [0, 0.05) is 17.0 Å². The zero-order valence-electron chi connectivity index (χ0n) is 15.8. The summed E-state index contributed by atoms with van der Waals surface area (Å²) in [7, 11) is 3.21. The van der Waals surface area contributed by atoms with Crippen molar-refractivity contribution in [3.63, 3.8) is 0 Å². The highest BCUT2D eigenvalue weighted by molar-refractivity contribution is 6.04. The fraction of sp³-hybridized carbons (Fsp3) is 0.286. The van der Waals surface area contributed by atoms with E-state index >= 15 is 0 Å². The van der Waals surface area contributed by atoms with Crippen LogP contribution in [0.4, 0.5) is 0 Å². The van der Waals surface area contributed by atoms with Gasteiger partial charge >= 0.3 is 0 Å². The second-order valence-electron chi connectivity index (χ2n) is 6.79. The molecule has 0 aliphatic heterocycles. The predicted octanol–water partition coefficient (Wildman–Crippen LogP) is 2.75. The summed E-state index contributed by atoms with van der Waals surface area (Å²) in [5, 5.41) is 7.52. The molecule has 7 heteroatoms. The molecule has 7 nitrogen and oxygen atoms in total. The van der Waals surface area contributed by atoms with Gasteiger partial charge < -0.3 is 14.4 Å². The van der Waals surface area contributed by atoms with Crippen LogP contribution in [0.3, 0.4) is 0 Å². The molecule has 0 saturated heterocycles. The number of aromatic nitrogens is 2. The first-order valence-electron chi connectivity index (χ1n) is 9.11. The van der Waals surface area contributed by atoms with Gasteiger partial charge in [-0.15, -0.1) is 0 Å². The summed E-state index contributed by atoms with van der Waals surface area (Å²) in [5.41, 5.74) is 0.805. The van der Waals surface area contributed by atoms with Crippen molar-refractivity contribution in [3.05, 3.63) is 64.1 Å². The van der Waals surface area contributed by atoms with Crippen molar-refractivity contribution < 1.29 is 14.3 Å². The number of hydrogen-bond donors (Lipinski definition) is 1. The number of rotatable bonds is 6. The Balaban J connectivity index is 1.73. The van der Waals surface area contributed by atoms with Gasteiger partial charge in [-0.3, -0.25) is 9.59 Å². The number of carbonyl (C=O) groups excluding carboxylic acids is 1. The Labute approximate surface area is 161 Å². The van der Waals surface area contributed by atoms with Crippen LogP contribution in [-0.4, -0.2) is 41.3 Å². The van der Waals surface area contributed by atoms with E-state index in [4.69, 9.17) is 9.47 Å². The summed E-state index contributed by atoms with van der Waals surface area (Å²) in [6.45, 7) is 0.374. The highest BCUT2D eigenvalue weighted by Gasteiger charge is 2.35. The second-order valence-corrected chi connectivity index (χ2v) is 6.79. The molecule has 1 amide bonds. The zero-order chi connectivity index (χ0) is 19.7. The number of fused-ring (bicyclic) bond motifs is 1. The van der Waals surface area contributed by atoms with E-state index < -0.39 is 0 Å². The Kier molecular flexibility index (Phi) is 4.73. The Morgan fingerprint density at radius 3 is 2.57 bits per heavy atom. The van der Waals surface area contributed by atoms with Gasteiger partial charge in [-0.2, -0.15) is 5.10 Å². The molecule has 0 radical (unpaired) electrons. The number of ether oxygens (including phenoxy) is 2. The van der Waals surface area contributed by atoms with Gasteiger partial charge in [-0.25, -0.2) is 5.10 Å². The van der Waals surface area contributed by atoms with Crippen molar-refractivity contribution in [1.29, 1.82) is 0 Å². The quantitative estimate of drug-likeness (QED) is 0.712. The highest BCUT2D eigenvalue weighted by atomic mass is 16.5. The molecule has 1 aliphatic carbocycles. The van der Waals surface area contributed by atoms with Gasteiger partial charge in [0.05, 0.1) is 26.2 Å². The molecular formula is C21H21N3O4. The molecule has 2 aromatic carbocycles. The van der Waals surface area contributed by atoms with E-state index in [0.29, 0.717) is 28.8 Å². The summed E-state index contributed by atoms with van der Waals surface area (Å²) in [6, 6.07) is 12.7. The molecular weight excluding hydrogens is 358 g/mol. The first-order chi connectivity index (χ1) is 13.6. The molecule has 0 atom stereocenters. The van der Waals surface area contributed by atoms with Gasteiger partial charge in [0.2, 0.25) is 0 Å². The molecule has 144 valence electrons. The van der Waals surface area contributed by atoms with Gasteiger partial charge in [-0.05, 0) is 37.1 Å². The number of aromatic amines is 1. The van der Waals surface area contributed by atoms with Crippen LogP contribution in [0.1, 0.15) is 28.9 Å². The predicted molar refractivity (Wildman–Crippen MR) is 105 cm³/mol. The van der Waals surface area contributed by atoms with Crippen LogP contribution in [0.5, 0.6) is 11.5 Å². The maximum absolute atomic E-state index is 13.4. The minimum atomic E-state index is -0.306. The summed E-state index contributed by atoms with van der Waals surface area (Å²) >= 11 is 0. The SMILES string of the molecule is COc1ccc(OC)c(CN(C(=O)c2n[nH]c(=O)c3ccccc23)C2CC2)c1. The van der Waals surface area contributed by atoms with E-state index in [0.717, 1.165) is 18.4 Å². The van der Waals surface area contributed by atoms with Gasteiger partial charge in [0.25, 0.3) is 11.5 Å². The number of nitrogens with zero attached hydrogens (tertiary/aromatic N) is 2. The van der Waals surface area contributed by atoms with E-state index in [1.165, 1.54) is 0 Å². The summed E-state index contributed by atoms with van der Waals surface area (Å²) in [5.74, 6) is 1.19. The lowest BCUT2D eigenvalue weighted by Gasteiger charge is -2.24. The van der Waals surface area contributed by atoms with E-state index in [-0.39, 0.29) is 23.2 Å². The standard InChI is InChI=1S/C21H21N3O4/c1-27-15-9-10-18(28-2)13(11-15)12-24(14-7-8-14)21(26)19-16-5-3-4-6-17(16)20(25)23-22-19/h3-6,9-11,14H,7-8,12H2,1-2H3,(H,23,25). The van der Waals surface area contributed by atoms with Crippen molar-refractivity contribution in [2.75, 3.05) is 14.2 Å². The van der Waals surface area contributed by atoms with E-state index in [9.17, 15) is 9.59 Å². The minimum Gasteiger partial charge on any atom is -0.497 e. The molecule has 3 aromatic rings. The minimum absolute atomic E-state index is 0.149. The maximum Gasteiger partial charge on any atom is 0.275 e. The third kappa shape index (κ3) is 3.31. The first-order valence-corrected chi connectivity index (χ1v) is 9.11. The van der Waals surface area contributed by atoms with Gasteiger partial charge in [0.15, 0.2) is 5.69 Å². The average Bonchev–Trinajstić information content (AvgIpc) is 3.57. The summed E-state index contributed by atoms with van der Waals surface area (Å²) in [4.78, 5) is 27.2. The monoisotopic (exact) mass is 379 g/mol. The zero-order valence-corrected chi connectivity index (χ0v) is 15.8. The molecule has 1 aromatic heterocycles. The van der Waals surface area contributed by atoms with E-state index in [1.807, 2.05) is 18.2 Å². The summed E-state index contributed by atoms with van der Waals surface area (Å²) < 4.78 is 10.8. The van der Waals surface area contributed by atoms with Gasteiger partial charge in [0.1, 0.15) is 11.5 Å². The molecule has 0 unspecified atom stereocenters. The molecule has 4 rings (SSSR count). The molecule has 1 aliphatic rings.